The van der Waals surface area contributed by atoms with Gasteiger partial charge in [-0.1, -0.05) is 6.92 Å². The van der Waals surface area contributed by atoms with Crippen LogP contribution in [-0.2, 0) is 11.2 Å². The van der Waals surface area contributed by atoms with Crippen molar-refractivity contribution in [3.8, 4) is 0 Å². The van der Waals surface area contributed by atoms with Crippen LogP contribution in [0.25, 0.3) is 0 Å². The minimum Gasteiger partial charge on any atom is -0.478 e. The average Bonchev–Trinajstić information content (AvgIpc) is 2.62. The van der Waals surface area contributed by atoms with Crippen molar-refractivity contribution in [3.05, 3.63) is 16.0 Å². The number of anilines is 1. The maximum absolute atomic E-state index is 11.6. The second-order valence-corrected chi connectivity index (χ2v) is 6.00. The smallest absolute Gasteiger partial charge is 0.339 e. The number of thioether (sulfide) groups is 1. The Morgan fingerprint density at radius 2 is 2.11 bits per heavy atom. The highest BCUT2D eigenvalue weighted by Gasteiger charge is 2.21. The molecule has 1 aromatic rings. The summed E-state index contributed by atoms with van der Waals surface area (Å²) in [5.74, 6) is -0.369. The van der Waals surface area contributed by atoms with E-state index in [0.29, 0.717) is 17.8 Å². The number of carbonyl (C=O) groups is 2. The molecular weight excluding hydrogens is 270 g/mol. The number of aromatic carboxylic acids is 1. The summed E-state index contributed by atoms with van der Waals surface area (Å²) >= 11 is 2.93. The zero-order valence-corrected chi connectivity index (χ0v) is 12.3. The van der Waals surface area contributed by atoms with E-state index in [1.165, 1.54) is 11.3 Å². The molecule has 18 heavy (non-hydrogen) atoms. The number of aryl methyl sites for hydroxylation is 1. The van der Waals surface area contributed by atoms with Crippen molar-refractivity contribution in [1.29, 1.82) is 0 Å². The van der Waals surface area contributed by atoms with Gasteiger partial charge in [0.05, 0.1) is 5.56 Å². The Labute approximate surface area is 115 Å². The Bertz CT molecular complexity index is 454. The van der Waals surface area contributed by atoms with Gasteiger partial charge in [0.1, 0.15) is 5.00 Å². The van der Waals surface area contributed by atoms with Gasteiger partial charge >= 0.3 is 5.97 Å². The molecule has 0 atom stereocenters. The number of carboxylic acid groups (broad SMARTS) is 1. The number of hydrogen-bond acceptors (Lipinski definition) is 4. The van der Waals surface area contributed by atoms with E-state index in [1.54, 1.807) is 11.8 Å². The third-order valence-corrected chi connectivity index (χ3v) is 4.24. The van der Waals surface area contributed by atoms with Gasteiger partial charge in [0.2, 0.25) is 5.91 Å². The summed E-state index contributed by atoms with van der Waals surface area (Å²) in [7, 11) is 0. The van der Waals surface area contributed by atoms with Crippen molar-refractivity contribution >= 4 is 40.0 Å². The first kappa shape index (κ1) is 15.0. The van der Waals surface area contributed by atoms with Crippen LogP contribution in [-0.4, -0.2) is 29.0 Å². The van der Waals surface area contributed by atoms with E-state index in [2.05, 4.69) is 5.32 Å². The lowest BCUT2D eigenvalue weighted by Gasteiger charge is -2.04. The van der Waals surface area contributed by atoms with Crippen LogP contribution in [0.4, 0.5) is 5.00 Å². The Morgan fingerprint density at radius 1 is 1.44 bits per heavy atom. The summed E-state index contributed by atoms with van der Waals surface area (Å²) in [6.45, 7) is 3.80. The third-order valence-electron chi connectivity index (χ3n) is 2.56. The van der Waals surface area contributed by atoms with Crippen molar-refractivity contribution in [2.24, 2.45) is 0 Å². The number of carboxylic acids is 1. The zero-order chi connectivity index (χ0) is 13.7. The number of rotatable bonds is 6. The van der Waals surface area contributed by atoms with Crippen molar-refractivity contribution in [3.63, 3.8) is 0 Å². The highest BCUT2D eigenvalue weighted by molar-refractivity contribution is 7.98. The SMILES string of the molecule is CCc1c(C)sc(NC(=O)CCSC)c1C(=O)O. The molecular formula is C12H17NO3S2. The molecule has 0 radical (unpaired) electrons. The maximum atomic E-state index is 11.6. The molecule has 6 heteroatoms. The number of nitrogens with one attached hydrogen (secondary N) is 1. The molecule has 1 rings (SSSR count). The van der Waals surface area contributed by atoms with Crippen LogP contribution in [0.2, 0.25) is 0 Å². The second kappa shape index (κ2) is 6.80. The van der Waals surface area contributed by atoms with Gasteiger partial charge in [-0.15, -0.1) is 11.3 Å². The van der Waals surface area contributed by atoms with Crippen LogP contribution in [0.1, 0.15) is 34.1 Å². The van der Waals surface area contributed by atoms with E-state index in [9.17, 15) is 14.7 Å². The molecule has 2 N–H and O–H groups in total. The Hall–Kier alpha value is -1.01. The molecule has 0 saturated heterocycles. The van der Waals surface area contributed by atoms with Crippen LogP contribution in [0.5, 0.6) is 0 Å². The highest BCUT2D eigenvalue weighted by atomic mass is 32.2. The minimum absolute atomic E-state index is 0.129. The van der Waals surface area contributed by atoms with Gasteiger partial charge in [-0.05, 0) is 25.2 Å². The maximum Gasteiger partial charge on any atom is 0.339 e. The number of hydrogen-bond donors (Lipinski definition) is 2. The molecule has 100 valence electrons. The summed E-state index contributed by atoms with van der Waals surface area (Å²) in [6.07, 6.45) is 2.99. The Balaban J connectivity index is 2.95. The summed E-state index contributed by atoms with van der Waals surface area (Å²) in [5, 5.41) is 12.4. The summed E-state index contributed by atoms with van der Waals surface area (Å²) in [6, 6.07) is 0. The summed E-state index contributed by atoms with van der Waals surface area (Å²) in [4.78, 5) is 23.9. The molecule has 0 fully saturated rings. The zero-order valence-electron chi connectivity index (χ0n) is 10.7. The predicted octanol–water partition coefficient (Wildman–Crippen LogP) is 3.01. The van der Waals surface area contributed by atoms with Gasteiger partial charge < -0.3 is 10.4 Å². The van der Waals surface area contributed by atoms with E-state index in [4.69, 9.17) is 0 Å². The lowest BCUT2D eigenvalue weighted by molar-refractivity contribution is -0.115. The first-order chi connectivity index (χ1) is 8.51. The first-order valence-corrected chi connectivity index (χ1v) is 7.86. The second-order valence-electron chi connectivity index (χ2n) is 3.79. The third kappa shape index (κ3) is 3.49. The van der Waals surface area contributed by atoms with Crippen LogP contribution in [0.3, 0.4) is 0 Å². The normalized spacial score (nSPS) is 10.4. The molecule has 1 aromatic heterocycles. The lowest BCUT2D eigenvalue weighted by Crippen LogP contribution is -2.14. The van der Waals surface area contributed by atoms with Crippen molar-refractivity contribution in [1.82, 2.24) is 0 Å². The molecule has 0 aliphatic heterocycles. The highest BCUT2D eigenvalue weighted by Crippen LogP contribution is 2.33. The standard InChI is InChI=1S/C12H17NO3S2/c1-4-8-7(2)18-11(10(8)12(15)16)13-9(14)5-6-17-3/h4-6H2,1-3H3,(H,13,14)(H,15,16). The topological polar surface area (TPSA) is 66.4 Å². The van der Waals surface area contributed by atoms with Crippen molar-refractivity contribution in [2.45, 2.75) is 26.7 Å². The van der Waals surface area contributed by atoms with Gasteiger partial charge in [-0.25, -0.2) is 4.79 Å². The van der Waals surface area contributed by atoms with E-state index in [0.717, 1.165) is 16.2 Å². The van der Waals surface area contributed by atoms with E-state index >= 15 is 0 Å². The van der Waals surface area contributed by atoms with Crippen LogP contribution >= 0.6 is 23.1 Å². The monoisotopic (exact) mass is 287 g/mol. The van der Waals surface area contributed by atoms with Crippen molar-refractivity contribution in [2.75, 3.05) is 17.3 Å². The molecule has 1 amide bonds. The molecule has 0 aliphatic rings. The molecule has 0 bridgehead atoms. The molecule has 0 spiro atoms. The quantitative estimate of drug-likeness (QED) is 0.844. The minimum atomic E-state index is -0.976. The molecule has 4 nitrogen and oxygen atoms in total. The number of amides is 1. The average molecular weight is 287 g/mol. The van der Waals surface area contributed by atoms with Crippen LogP contribution in [0.15, 0.2) is 0 Å². The van der Waals surface area contributed by atoms with Gasteiger partial charge in [-0.2, -0.15) is 11.8 Å². The number of thiophene rings is 1. The Kier molecular flexibility index (Phi) is 5.68. The van der Waals surface area contributed by atoms with Crippen molar-refractivity contribution < 1.29 is 14.7 Å². The predicted molar refractivity (Wildman–Crippen MR) is 77.0 cm³/mol. The fourth-order valence-electron chi connectivity index (χ4n) is 1.70. The number of carbonyl (C=O) groups excluding carboxylic acids is 1. The lowest BCUT2D eigenvalue weighted by atomic mass is 10.1. The van der Waals surface area contributed by atoms with E-state index in [1.807, 2.05) is 20.1 Å². The molecule has 0 saturated carbocycles. The molecule has 0 aliphatic carbocycles. The fourth-order valence-corrected chi connectivity index (χ4v) is 3.25. The van der Waals surface area contributed by atoms with Gasteiger partial charge in [-0.3, -0.25) is 4.79 Å². The summed E-state index contributed by atoms with van der Waals surface area (Å²) in [5.41, 5.74) is 1.06. The van der Waals surface area contributed by atoms with Crippen LogP contribution in [0, 0.1) is 6.92 Å². The summed E-state index contributed by atoms with van der Waals surface area (Å²) < 4.78 is 0. The molecule has 1 heterocycles. The van der Waals surface area contributed by atoms with E-state index in [-0.39, 0.29) is 11.5 Å². The van der Waals surface area contributed by atoms with Gasteiger partial charge in [0.25, 0.3) is 0 Å². The Morgan fingerprint density at radius 3 is 2.61 bits per heavy atom. The van der Waals surface area contributed by atoms with Gasteiger partial charge in [0.15, 0.2) is 0 Å². The molecule has 0 unspecified atom stereocenters. The fraction of sp³-hybridized carbons (Fsp3) is 0.500. The van der Waals surface area contributed by atoms with Crippen LogP contribution < -0.4 is 5.32 Å². The van der Waals surface area contributed by atoms with E-state index < -0.39 is 5.97 Å². The largest absolute Gasteiger partial charge is 0.478 e. The molecule has 0 aromatic carbocycles. The first-order valence-electron chi connectivity index (χ1n) is 5.65. The van der Waals surface area contributed by atoms with Gasteiger partial charge in [0, 0.05) is 17.1 Å².